The molecule has 0 atom stereocenters. The number of rotatable bonds is 2. The summed E-state index contributed by atoms with van der Waals surface area (Å²) in [4.78, 5) is 11.0. The highest BCUT2D eigenvalue weighted by molar-refractivity contribution is 5.86. The van der Waals surface area contributed by atoms with Crippen molar-refractivity contribution in [3.8, 4) is 0 Å². The minimum absolute atomic E-state index is 0.104. The van der Waals surface area contributed by atoms with Crippen LogP contribution in [0.2, 0.25) is 0 Å². The van der Waals surface area contributed by atoms with E-state index in [9.17, 15) is 4.79 Å². The van der Waals surface area contributed by atoms with Gasteiger partial charge in [0.15, 0.2) is 6.73 Å². The van der Waals surface area contributed by atoms with E-state index < -0.39 is 5.97 Å². The van der Waals surface area contributed by atoms with Crippen molar-refractivity contribution in [3.05, 3.63) is 12.0 Å². The lowest BCUT2D eigenvalue weighted by Gasteiger charge is -2.06. The highest BCUT2D eigenvalue weighted by Crippen LogP contribution is 2.05. The van der Waals surface area contributed by atoms with Gasteiger partial charge in [-0.2, -0.15) is 0 Å². The van der Waals surface area contributed by atoms with E-state index >= 15 is 0 Å². The normalized spacial score (nSPS) is 15.4. The summed E-state index contributed by atoms with van der Waals surface area (Å²) >= 11 is 0. The molecule has 11 heavy (non-hydrogen) atoms. The van der Waals surface area contributed by atoms with E-state index in [2.05, 4.69) is 5.32 Å². The first-order valence-corrected chi connectivity index (χ1v) is 3.47. The average Bonchev–Trinajstić information content (AvgIpc) is 2.35. The largest absolute Gasteiger partial charge is 0.464 e. The van der Waals surface area contributed by atoms with E-state index in [-0.39, 0.29) is 11.9 Å². The molecule has 0 aliphatic carbocycles. The number of ether oxygens (including phenoxy) is 2. The fraction of sp³-hybridized carbons (Fsp3) is 0.571. The topological polar surface area (TPSA) is 47.6 Å². The monoisotopic (exact) mass is 157 g/mol. The molecule has 1 aliphatic rings. The Bertz CT molecular complexity index is 186. The van der Waals surface area contributed by atoms with Crippen LogP contribution in [0.3, 0.4) is 0 Å². The van der Waals surface area contributed by atoms with Crippen molar-refractivity contribution in [2.24, 2.45) is 0 Å². The minimum Gasteiger partial charge on any atom is -0.464 e. The molecule has 0 aromatic carbocycles. The summed E-state index contributed by atoms with van der Waals surface area (Å²) < 4.78 is 9.75. The number of hydrogen-bond donors (Lipinski definition) is 1. The molecule has 0 amide bonds. The molecule has 0 unspecified atom stereocenters. The maximum atomic E-state index is 11.0. The number of esters is 1. The average molecular weight is 157 g/mol. The Balaban J connectivity index is 2.41. The molecule has 62 valence electrons. The number of carbonyl (C=O) groups excluding carboxylic acids is 1. The van der Waals surface area contributed by atoms with Crippen LogP contribution in [0.25, 0.3) is 0 Å². The van der Waals surface area contributed by atoms with Crippen LogP contribution in [-0.2, 0) is 14.3 Å². The summed E-state index contributed by atoms with van der Waals surface area (Å²) in [6, 6.07) is 0. The SMILES string of the molecule is CC(C)OC(=O)C1=CNCO1. The molecule has 1 N–H and O–H groups in total. The summed E-state index contributed by atoms with van der Waals surface area (Å²) in [6.07, 6.45) is 1.40. The fourth-order valence-corrected chi connectivity index (χ4v) is 0.685. The van der Waals surface area contributed by atoms with Crippen LogP contribution >= 0.6 is 0 Å². The zero-order chi connectivity index (χ0) is 8.27. The van der Waals surface area contributed by atoms with Crippen molar-refractivity contribution in [1.29, 1.82) is 0 Å². The van der Waals surface area contributed by atoms with Crippen molar-refractivity contribution < 1.29 is 14.3 Å². The van der Waals surface area contributed by atoms with Gasteiger partial charge in [0.2, 0.25) is 5.76 Å². The second kappa shape index (κ2) is 3.27. The van der Waals surface area contributed by atoms with Crippen LogP contribution in [0.5, 0.6) is 0 Å². The van der Waals surface area contributed by atoms with Crippen LogP contribution in [0.4, 0.5) is 0 Å². The minimum atomic E-state index is -0.412. The Morgan fingerprint density at radius 1 is 1.82 bits per heavy atom. The van der Waals surface area contributed by atoms with Gasteiger partial charge in [-0.1, -0.05) is 0 Å². The van der Waals surface area contributed by atoms with Crippen molar-refractivity contribution in [2.75, 3.05) is 6.73 Å². The Morgan fingerprint density at radius 3 is 3.00 bits per heavy atom. The predicted molar refractivity (Wildman–Crippen MR) is 38.4 cm³/mol. The molecular formula is C7H11NO3. The molecule has 1 heterocycles. The lowest BCUT2D eigenvalue weighted by molar-refractivity contribution is -0.146. The van der Waals surface area contributed by atoms with Gasteiger partial charge >= 0.3 is 5.97 Å². The summed E-state index contributed by atoms with van der Waals surface area (Å²) in [7, 11) is 0. The molecule has 0 aromatic rings. The van der Waals surface area contributed by atoms with Gasteiger partial charge in [-0.15, -0.1) is 0 Å². The molecule has 4 heteroatoms. The second-order valence-electron chi connectivity index (χ2n) is 2.46. The van der Waals surface area contributed by atoms with Crippen molar-refractivity contribution in [1.82, 2.24) is 5.32 Å². The van der Waals surface area contributed by atoms with E-state index in [1.165, 1.54) is 6.20 Å². The number of carbonyl (C=O) groups is 1. The first kappa shape index (κ1) is 7.91. The Morgan fingerprint density at radius 2 is 2.55 bits per heavy atom. The molecular weight excluding hydrogens is 146 g/mol. The van der Waals surface area contributed by atoms with Gasteiger partial charge in [-0.05, 0) is 13.8 Å². The van der Waals surface area contributed by atoms with Crippen molar-refractivity contribution in [3.63, 3.8) is 0 Å². The Hall–Kier alpha value is -1.19. The Kier molecular flexibility index (Phi) is 2.36. The predicted octanol–water partition coefficient (Wildman–Crippen LogP) is 0.357. The van der Waals surface area contributed by atoms with Gasteiger partial charge in [-0.3, -0.25) is 0 Å². The van der Waals surface area contributed by atoms with Gasteiger partial charge in [0.25, 0.3) is 0 Å². The fourth-order valence-electron chi connectivity index (χ4n) is 0.685. The van der Waals surface area contributed by atoms with Crippen LogP contribution in [0.15, 0.2) is 12.0 Å². The first-order valence-electron chi connectivity index (χ1n) is 3.47. The van der Waals surface area contributed by atoms with Crippen molar-refractivity contribution >= 4 is 5.97 Å². The Labute approximate surface area is 65.2 Å². The molecule has 1 rings (SSSR count). The van der Waals surface area contributed by atoms with Gasteiger partial charge in [0.05, 0.1) is 6.10 Å². The van der Waals surface area contributed by atoms with Crippen LogP contribution in [-0.4, -0.2) is 18.8 Å². The van der Waals surface area contributed by atoms with Gasteiger partial charge in [0, 0.05) is 6.20 Å². The van der Waals surface area contributed by atoms with E-state index in [1.54, 1.807) is 13.8 Å². The van der Waals surface area contributed by atoms with Crippen LogP contribution < -0.4 is 5.32 Å². The summed E-state index contributed by atoms with van der Waals surface area (Å²) in [6.45, 7) is 3.93. The first-order chi connectivity index (χ1) is 5.20. The lowest BCUT2D eigenvalue weighted by atomic mass is 10.4. The summed E-state index contributed by atoms with van der Waals surface area (Å²) in [5.41, 5.74) is 0. The van der Waals surface area contributed by atoms with Gasteiger partial charge < -0.3 is 14.8 Å². The van der Waals surface area contributed by atoms with Crippen LogP contribution in [0, 0.1) is 0 Å². The third kappa shape index (κ3) is 2.14. The zero-order valence-electron chi connectivity index (χ0n) is 6.59. The lowest BCUT2D eigenvalue weighted by Crippen LogP contribution is -2.13. The standard InChI is InChI=1S/C7H11NO3/c1-5(2)11-7(9)6-3-8-4-10-6/h3,5,8H,4H2,1-2H3. The summed E-state index contributed by atoms with van der Waals surface area (Å²) in [5, 5.41) is 2.74. The van der Waals surface area contributed by atoms with E-state index in [1.807, 2.05) is 0 Å². The van der Waals surface area contributed by atoms with Gasteiger partial charge in [0.1, 0.15) is 0 Å². The molecule has 0 radical (unpaired) electrons. The molecule has 4 nitrogen and oxygen atoms in total. The van der Waals surface area contributed by atoms with E-state index in [0.29, 0.717) is 6.73 Å². The quantitative estimate of drug-likeness (QED) is 0.588. The summed E-state index contributed by atoms with van der Waals surface area (Å²) in [5.74, 6) is -0.163. The van der Waals surface area contributed by atoms with E-state index in [4.69, 9.17) is 9.47 Å². The van der Waals surface area contributed by atoms with Crippen molar-refractivity contribution in [2.45, 2.75) is 20.0 Å². The number of hydrogen-bond acceptors (Lipinski definition) is 4. The highest BCUT2D eigenvalue weighted by Gasteiger charge is 2.16. The molecule has 0 bridgehead atoms. The second-order valence-corrected chi connectivity index (χ2v) is 2.46. The number of nitrogens with one attached hydrogen (secondary N) is 1. The maximum absolute atomic E-state index is 11.0. The molecule has 1 aliphatic heterocycles. The smallest absolute Gasteiger partial charge is 0.375 e. The van der Waals surface area contributed by atoms with E-state index in [0.717, 1.165) is 0 Å². The molecule has 0 spiro atoms. The molecule has 0 aromatic heterocycles. The highest BCUT2D eigenvalue weighted by atomic mass is 16.6. The maximum Gasteiger partial charge on any atom is 0.375 e. The zero-order valence-corrected chi connectivity index (χ0v) is 6.59. The molecule has 0 saturated carbocycles. The molecule has 0 fully saturated rings. The van der Waals surface area contributed by atoms with Gasteiger partial charge in [-0.25, -0.2) is 4.79 Å². The molecule has 0 saturated heterocycles. The van der Waals surface area contributed by atoms with Crippen LogP contribution in [0.1, 0.15) is 13.8 Å². The third-order valence-electron chi connectivity index (χ3n) is 1.09. The third-order valence-corrected chi connectivity index (χ3v) is 1.09.